The molecule has 0 spiro atoms. The largest absolute Gasteiger partial charge is 0.348 e. The highest BCUT2D eigenvalue weighted by Crippen LogP contribution is 2.11. The zero-order valence-corrected chi connectivity index (χ0v) is 12.4. The van der Waals surface area contributed by atoms with Crippen LogP contribution in [0.5, 0.6) is 0 Å². The fourth-order valence-electron chi connectivity index (χ4n) is 1.75. The van der Waals surface area contributed by atoms with Crippen molar-refractivity contribution in [1.29, 1.82) is 0 Å². The number of nitrogens with one attached hydrogen (secondary N) is 2. The summed E-state index contributed by atoms with van der Waals surface area (Å²) >= 11 is 1.58. The van der Waals surface area contributed by atoms with Crippen LogP contribution in [0.4, 0.5) is 5.69 Å². The van der Waals surface area contributed by atoms with Crippen molar-refractivity contribution in [2.75, 3.05) is 5.32 Å². The summed E-state index contributed by atoms with van der Waals surface area (Å²) in [6.07, 6.45) is 3.30. The van der Waals surface area contributed by atoms with Gasteiger partial charge in [0.25, 0.3) is 0 Å². The van der Waals surface area contributed by atoms with Gasteiger partial charge in [-0.3, -0.25) is 9.59 Å². The molecule has 2 N–H and O–H groups in total. The lowest BCUT2D eigenvalue weighted by atomic mass is 10.2. The molecule has 2 rings (SSSR count). The minimum absolute atomic E-state index is 0.116. The Morgan fingerprint density at radius 2 is 2.10 bits per heavy atom. The molecule has 0 aliphatic rings. The number of hydrogen-bond acceptors (Lipinski definition) is 3. The van der Waals surface area contributed by atoms with E-state index in [1.807, 2.05) is 41.8 Å². The zero-order valence-electron chi connectivity index (χ0n) is 11.6. The molecule has 1 aromatic heterocycles. The molecule has 0 fully saturated rings. The average molecular weight is 300 g/mol. The summed E-state index contributed by atoms with van der Waals surface area (Å²) in [6, 6.07) is 11.3. The molecule has 5 heteroatoms. The smallest absolute Gasteiger partial charge is 0.244 e. The first-order valence-corrected chi connectivity index (χ1v) is 7.37. The van der Waals surface area contributed by atoms with Crippen molar-refractivity contribution < 1.29 is 9.59 Å². The van der Waals surface area contributed by atoms with Crippen LogP contribution in [0, 0.1) is 0 Å². The first-order valence-electron chi connectivity index (χ1n) is 6.49. The third kappa shape index (κ3) is 5.24. The summed E-state index contributed by atoms with van der Waals surface area (Å²) in [7, 11) is 0. The molecule has 0 saturated carbocycles. The SMILES string of the molecule is CC(=O)Nc1cccc(CNC(=O)/C=C\c2cccs2)c1. The summed E-state index contributed by atoms with van der Waals surface area (Å²) in [5, 5.41) is 7.48. The molecule has 0 unspecified atom stereocenters. The standard InChI is InChI=1S/C16H16N2O2S/c1-12(19)18-14-5-2-4-13(10-14)11-17-16(20)8-7-15-6-3-9-21-15/h2-10H,11H2,1H3,(H,17,20)(H,18,19)/b8-7-. The Morgan fingerprint density at radius 1 is 1.24 bits per heavy atom. The number of benzene rings is 1. The van der Waals surface area contributed by atoms with Gasteiger partial charge in [0, 0.05) is 30.1 Å². The minimum Gasteiger partial charge on any atom is -0.348 e. The quantitative estimate of drug-likeness (QED) is 0.834. The topological polar surface area (TPSA) is 58.2 Å². The van der Waals surface area contributed by atoms with Crippen LogP contribution in [0.25, 0.3) is 6.08 Å². The van der Waals surface area contributed by atoms with Crippen molar-refractivity contribution in [2.45, 2.75) is 13.5 Å². The lowest BCUT2D eigenvalue weighted by Gasteiger charge is -2.06. The fourth-order valence-corrected chi connectivity index (χ4v) is 2.37. The Labute approximate surface area is 127 Å². The van der Waals surface area contributed by atoms with Gasteiger partial charge in [0.2, 0.25) is 11.8 Å². The van der Waals surface area contributed by atoms with Crippen molar-refractivity contribution >= 4 is 34.9 Å². The van der Waals surface area contributed by atoms with Gasteiger partial charge in [0.05, 0.1) is 0 Å². The highest BCUT2D eigenvalue weighted by atomic mass is 32.1. The number of carbonyl (C=O) groups excluding carboxylic acids is 2. The van der Waals surface area contributed by atoms with Gasteiger partial charge in [-0.05, 0) is 35.2 Å². The van der Waals surface area contributed by atoms with E-state index in [-0.39, 0.29) is 11.8 Å². The molecule has 0 bridgehead atoms. The maximum atomic E-state index is 11.7. The lowest BCUT2D eigenvalue weighted by Crippen LogP contribution is -2.20. The molecule has 2 aromatic rings. The van der Waals surface area contributed by atoms with E-state index in [2.05, 4.69) is 10.6 Å². The van der Waals surface area contributed by atoms with E-state index in [1.54, 1.807) is 17.4 Å². The van der Waals surface area contributed by atoms with Crippen molar-refractivity contribution in [3.63, 3.8) is 0 Å². The second kappa shape index (κ2) is 7.40. The van der Waals surface area contributed by atoms with E-state index in [0.29, 0.717) is 6.54 Å². The molecule has 4 nitrogen and oxygen atoms in total. The molecule has 2 amide bonds. The van der Waals surface area contributed by atoms with Gasteiger partial charge in [-0.15, -0.1) is 11.3 Å². The highest BCUT2D eigenvalue weighted by Gasteiger charge is 2.00. The molecule has 0 aliphatic carbocycles. The number of rotatable bonds is 5. The second-order valence-corrected chi connectivity index (χ2v) is 5.43. The van der Waals surface area contributed by atoms with E-state index in [1.165, 1.54) is 13.0 Å². The molecule has 108 valence electrons. The Kier molecular flexibility index (Phi) is 5.29. The lowest BCUT2D eigenvalue weighted by molar-refractivity contribution is -0.116. The van der Waals surface area contributed by atoms with Crippen LogP contribution < -0.4 is 10.6 Å². The third-order valence-electron chi connectivity index (χ3n) is 2.66. The van der Waals surface area contributed by atoms with Crippen LogP contribution in [0.15, 0.2) is 47.9 Å². The Morgan fingerprint density at radius 3 is 2.81 bits per heavy atom. The number of amides is 2. The number of thiophene rings is 1. The van der Waals surface area contributed by atoms with Crippen LogP contribution in [0.3, 0.4) is 0 Å². The van der Waals surface area contributed by atoms with E-state index >= 15 is 0 Å². The number of carbonyl (C=O) groups is 2. The number of anilines is 1. The van der Waals surface area contributed by atoms with Crippen LogP contribution in [0.1, 0.15) is 17.4 Å². The van der Waals surface area contributed by atoms with Gasteiger partial charge in [0.1, 0.15) is 0 Å². The van der Waals surface area contributed by atoms with Crippen LogP contribution in [-0.2, 0) is 16.1 Å². The van der Waals surface area contributed by atoms with Gasteiger partial charge in [-0.25, -0.2) is 0 Å². The van der Waals surface area contributed by atoms with Crippen molar-refractivity contribution in [3.8, 4) is 0 Å². The van der Waals surface area contributed by atoms with Gasteiger partial charge < -0.3 is 10.6 Å². The van der Waals surface area contributed by atoms with Crippen molar-refractivity contribution in [2.24, 2.45) is 0 Å². The molecule has 21 heavy (non-hydrogen) atoms. The molecular formula is C16H16N2O2S. The first-order chi connectivity index (χ1) is 10.1. The summed E-state index contributed by atoms with van der Waals surface area (Å²) in [5.74, 6) is -0.261. The van der Waals surface area contributed by atoms with E-state index in [0.717, 1.165) is 16.1 Å². The van der Waals surface area contributed by atoms with E-state index in [9.17, 15) is 9.59 Å². The summed E-state index contributed by atoms with van der Waals surface area (Å²) in [4.78, 5) is 23.8. The Hall–Kier alpha value is -2.40. The zero-order chi connectivity index (χ0) is 15.1. The molecule has 0 radical (unpaired) electrons. The van der Waals surface area contributed by atoms with Gasteiger partial charge in [-0.2, -0.15) is 0 Å². The van der Waals surface area contributed by atoms with Crippen LogP contribution >= 0.6 is 11.3 Å². The minimum atomic E-state index is -0.145. The predicted octanol–water partition coefficient (Wildman–Crippen LogP) is 3.04. The Balaban J connectivity index is 1.87. The van der Waals surface area contributed by atoms with Gasteiger partial charge in [-0.1, -0.05) is 18.2 Å². The summed E-state index contributed by atoms with van der Waals surface area (Å²) in [5.41, 5.74) is 1.66. The van der Waals surface area contributed by atoms with Gasteiger partial charge >= 0.3 is 0 Å². The normalized spacial score (nSPS) is 10.5. The molecule has 0 saturated heterocycles. The summed E-state index contributed by atoms with van der Waals surface area (Å²) < 4.78 is 0. The van der Waals surface area contributed by atoms with Crippen molar-refractivity contribution in [1.82, 2.24) is 5.32 Å². The highest BCUT2D eigenvalue weighted by molar-refractivity contribution is 7.10. The second-order valence-electron chi connectivity index (χ2n) is 4.45. The third-order valence-corrected chi connectivity index (χ3v) is 3.49. The monoisotopic (exact) mass is 300 g/mol. The fraction of sp³-hybridized carbons (Fsp3) is 0.125. The van der Waals surface area contributed by atoms with E-state index in [4.69, 9.17) is 0 Å². The average Bonchev–Trinajstić information content (AvgIpc) is 2.96. The molecular weight excluding hydrogens is 284 g/mol. The first kappa shape index (κ1) is 15.0. The van der Waals surface area contributed by atoms with Crippen LogP contribution in [0.2, 0.25) is 0 Å². The predicted molar refractivity (Wildman–Crippen MR) is 85.9 cm³/mol. The number of hydrogen-bond donors (Lipinski definition) is 2. The Bertz CT molecular complexity index is 648. The summed E-state index contributed by atoms with van der Waals surface area (Å²) in [6.45, 7) is 1.88. The van der Waals surface area contributed by atoms with Gasteiger partial charge in [0.15, 0.2) is 0 Å². The maximum Gasteiger partial charge on any atom is 0.244 e. The van der Waals surface area contributed by atoms with Crippen LogP contribution in [-0.4, -0.2) is 11.8 Å². The maximum absolute atomic E-state index is 11.7. The van der Waals surface area contributed by atoms with E-state index < -0.39 is 0 Å². The molecule has 1 aromatic carbocycles. The molecule has 1 heterocycles. The van der Waals surface area contributed by atoms with Crippen molar-refractivity contribution in [3.05, 3.63) is 58.3 Å². The molecule has 0 aliphatic heterocycles. The molecule has 0 atom stereocenters.